The van der Waals surface area contributed by atoms with Gasteiger partial charge in [0.15, 0.2) is 0 Å². The zero-order valence-corrected chi connectivity index (χ0v) is 17.1. The Morgan fingerprint density at radius 3 is 2.75 bits per heavy atom. The van der Waals surface area contributed by atoms with Crippen LogP contribution >= 0.6 is 0 Å². The maximum Gasteiger partial charge on any atom is 0.228 e. The Morgan fingerprint density at radius 1 is 1.21 bits per heavy atom. The molecule has 28 heavy (non-hydrogen) atoms. The fraction of sp³-hybridized carbons (Fsp3) is 0.682. The molecule has 6 heteroatoms. The molecule has 0 spiro atoms. The molecule has 3 aliphatic rings. The first kappa shape index (κ1) is 19.5. The van der Waals surface area contributed by atoms with Crippen LogP contribution in [0.5, 0.6) is 11.5 Å². The lowest BCUT2D eigenvalue weighted by molar-refractivity contribution is -0.134. The van der Waals surface area contributed by atoms with Crippen molar-refractivity contribution < 1.29 is 14.3 Å². The van der Waals surface area contributed by atoms with E-state index in [0.29, 0.717) is 5.92 Å². The number of nitrogens with zero attached hydrogens (tertiary/aromatic N) is 1. The Morgan fingerprint density at radius 2 is 2.00 bits per heavy atom. The molecule has 1 amide bonds. The van der Waals surface area contributed by atoms with Gasteiger partial charge in [0.2, 0.25) is 5.91 Å². The summed E-state index contributed by atoms with van der Waals surface area (Å²) in [6.07, 6.45) is 5.69. The highest BCUT2D eigenvalue weighted by atomic mass is 16.5. The average Bonchev–Trinajstić information content (AvgIpc) is 3.35. The molecule has 2 saturated heterocycles. The molecule has 2 aliphatic heterocycles. The predicted octanol–water partition coefficient (Wildman–Crippen LogP) is 2.17. The Bertz CT molecular complexity index is 688. The second-order valence-corrected chi connectivity index (χ2v) is 8.64. The topological polar surface area (TPSA) is 62.8 Å². The summed E-state index contributed by atoms with van der Waals surface area (Å²) in [5.74, 6) is 2.43. The Kier molecular flexibility index (Phi) is 5.78. The van der Waals surface area contributed by atoms with E-state index in [0.717, 1.165) is 57.1 Å². The predicted molar refractivity (Wildman–Crippen MR) is 109 cm³/mol. The zero-order chi connectivity index (χ0) is 19.6. The van der Waals surface area contributed by atoms with Gasteiger partial charge in [-0.1, -0.05) is 12.8 Å². The lowest BCUT2D eigenvalue weighted by Gasteiger charge is -2.37. The van der Waals surface area contributed by atoms with Crippen molar-refractivity contribution >= 4 is 5.91 Å². The highest BCUT2D eigenvalue weighted by Crippen LogP contribution is 2.44. The third-order valence-corrected chi connectivity index (χ3v) is 6.92. The van der Waals surface area contributed by atoms with Gasteiger partial charge in [-0.05, 0) is 49.4 Å². The summed E-state index contributed by atoms with van der Waals surface area (Å²) in [6, 6.07) is 6.26. The van der Waals surface area contributed by atoms with Crippen LogP contribution in [0.25, 0.3) is 0 Å². The minimum atomic E-state index is -0.161. The summed E-state index contributed by atoms with van der Waals surface area (Å²) in [7, 11) is 3.35. The highest BCUT2D eigenvalue weighted by molar-refractivity contribution is 5.84. The third kappa shape index (κ3) is 3.85. The number of methoxy groups -OCH3 is 2. The quantitative estimate of drug-likeness (QED) is 0.783. The average molecular weight is 388 g/mol. The van der Waals surface area contributed by atoms with Crippen LogP contribution in [0.2, 0.25) is 0 Å². The fourth-order valence-electron chi connectivity index (χ4n) is 5.33. The van der Waals surface area contributed by atoms with Gasteiger partial charge in [0.05, 0.1) is 19.6 Å². The normalized spacial score (nSPS) is 30.1. The molecular weight excluding hydrogens is 354 g/mol. The summed E-state index contributed by atoms with van der Waals surface area (Å²) in [4.78, 5) is 15.6. The van der Waals surface area contributed by atoms with Gasteiger partial charge in [-0.3, -0.25) is 9.69 Å². The van der Waals surface area contributed by atoms with Crippen molar-refractivity contribution in [3.63, 3.8) is 0 Å². The standard InChI is InChI=1S/C22H33N3O3/c1-27-19-9-16(10-20(11-19)28-2)13-25-8-6-18(14-25)24-21(26)22-7-4-3-5-17(22)12-23-15-22/h9-11,17-18,23H,3-8,12-15H2,1-2H3,(H,24,26)/t17-,18?,22+/m0/s1. The van der Waals surface area contributed by atoms with Crippen molar-refractivity contribution in [3.8, 4) is 11.5 Å². The van der Waals surface area contributed by atoms with E-state index in [1.165, 1.54) is 24.8 Å². The molecule has 2 heterocycles. The number of carbonyl (C=O) groups excluding carboxylic acids is 1. The van der Waals surface area contributed by atoms with Crippen LogP contribution in [0.1, 0.15) is 37.7 Å². The first-order valence-corrected chi connectivity index (χ1v) is 10.6. The molecule has 1 aliphatic carbocycles. The molecule has 1 unspecified atom stereocenters. The van der Waals surface area contributed by atoms with E-state index in [9.17, 15) is 4.79 Å². The van der Waals surface area contributed by atoms with E-state index in [1.807, 2.05) is 6.07 Å². The summed E-state index contributed by atoms with van der Waals surface area (Å²) < 4.78 is 10.8. The van der Waals surface area contributed by atoms with Gasteiger partial charge >= 0.3 is 0 Å². The lowest BCUT2D eigenvalue weighted by atomic mass is 9.67. The first-order chi connectivity index (χ1) is 13.6. The Labute approximate surface area is 168 Å². The molecular formula is C22H33N3O3. The van der Waals surface area contributed by atoms with Crippen LogP contribution in [-0.4, -0.2) is 57.2 Å². The number of fused-ring (bicyclic) bond motifs is 1. The Balaban J connectivity index is 1.35. The van der Waals surface area contributed by atoms with Crippen LogP contribution in [0.4, 0.5) is 0 Å². The number of benzene rings is 1. The SMILES string of the molecule is COc1cc(CN2CCC(NC(=O)[C@@]34CCCC[C@H]3CNC4)C2)cc(OC)c1. The summed E-state index contributed by atoms with van der Waals surface area (Å²) >= 11 is 0. The van der Waals surface area contributed by atoms with Gasteiger partial charge in [0.25, 0.3) is 0 Å². The second-order valence-electron chi connectivity index (χ2n) is 8.64. The molecule has 6 nitrogen and oxygen atoms in total. The molecule has 1 aromatic carbocycles. The minimum absolute atomic E-state index is 0.161. The van der Waals surface area contributed by atoms with E-state index in [2.05, 4.69) is 27.7 Å². The van der Waals surface area contributed by atoms with Crippen molar-refractivity contribution in [3.05, 3.63) is 23.8 Å². The molecule has 1 aromatic rings. The van der Waals surface area contributed by atoms with E-state index in [4.69, 9.17) is 9.47 Å². The largest absolute Gasteiger partial charge is 0.497 e. The molecule has 0 radical (unpaired) electrons. The first-order valence-electron chi connectivity index (χ1n) is 10.6. The molecule has 154 valence electrons. The van der Waals surface area contributed by atoms with Crippen LogP contribution in [0, 0.1) is 11.3 Å². The molecule has 0 bridgehead atoms. The second kappa shape index (κ2) is 8.29. The molecule has 3 fully saturated rings. The van der Waals surface area contributed by atoms with Crippen molar-refractivity contribution in [2.75, 3.05) is 40.4 Å². The van der Waals surface area contributed by atoms with Crippen LogP contribution < -0.4 is 20.1 Å². The number of amides is 1. The number of likely N-dealkylation sites (tertiary alicyclic amines) is 1. The van der Waals surface area contributed by atoms with Crippen LogP contribution in [-0.2, 0) is 11.3 Å². The van der Waals surface area contributed by atoms with Crippen LogP contribution in [0.3, 0.4) is 0 Å². The smallest absolute Gasteiger partial charge is 0.228 e. The number of ether oxygens (including phenoxy) is 2. The van der Waals surface area contributed by atoms with Gasteiger partial charge in [-0.25, -0.2) is 0 Å². The van der Waals surface area contributed by atoms with Crippen molar-refractivity contribution in [2.45, 2.75) is 44.7 Å². The van der Waals surface area contributed by atoms with E-state index < -0.39 is 0 Å². The lowest BCUT2D eigenvalue weighted by Crippen LogP contribution is -2.51. The number of hydrogen-bond donors (Lipinski definition) is 2. The highest BCUT2D eigenvalue weighted by Gasteiger charge is 2.50. The van der Waals surface area contributed by atoms with Crippen molar-refractivity contribution in [1.82, 2.24) is 15.5 Å². The van der Waals surface area contributed by atoms with E-state index in [-0.39, 0.29) is 17.4 Å². The molecule has 2 N–H and O–H groups in total. The van der Waals surface area contributed by atoms with Gasteiger partial charge in [-0.2, -0.15) is 0 Å². The van der Waals surface area contributed by atoms with E-state index >= 15 is 0 Å². The summed E-state index contributed by atoms with van der Waals surface area (Å²) in [5.41, 5.74) is 1.01. The Hall–Kier alpha value is -1.79. The number of rotatable bonds is 6. The minimum Gasteiger partial charge on any atom is -0.497 e. The van der Waals surface area contributed by atoms with Gasteiger partial charge in [0, 0.05) is 38.3 Å². The van der Waals surface area contributed by atoms with Crippen LogP contribution in [0.15, 0.2) is 18.2 Å². The van der Waals surface area contributed by atoms with Gasteiger partial charge in [-0.15, -0.1) is 0 Å². The molecule has 0 aromatic heterocycles. The van der Waals surface area contributed by atoms with E-state index in [1.54, 1.807) is 14.2 Å². The monoisotopic (exact) mass is 387 g/mol. The number of hydrogen-bond acceptors (Lipinski definition) is 5. The van der Waals surface area contributed by atoms with Gasteiger partial charge in [0.1, 0.15) is 11.5 Å². The van der Waals surface area contributed by atoms with Crippen molar-refractivity contribution in [2.24, 2.45) is 11.3 Å². The summed E-state index contributed by atoms with van der Waals surface area (Å²) in [6.45, 7) is 4.60. The third-order valence-electron chi connectivity index (χ3n) is 6.92. The zero-order valence-electron chi connectivity index (χ0n) is 17.1. The number of carbonyl (C=O) groups is 1. The summed E-state index contributed by atoms with van der Waals surface area (Å²) in [5, 5.41) is 6.88. The fourth-order valence-corrected chi connectivity index (χ4v) is 5.33. The number of nitrogens with one attached hydrogen (secondary N) is 2. The maximum atomic E-state index is 13.2. The maximum absolute atomic E-state index is 13.2. The molecule has 3 atom stereocenters. The van der Waals surface area contributed by atoms with Gasteiger partial charge < -0.3 is 20.1 Å². The molecule has 4 rings (SSSR count). The van der Waals surface area contributed by atoms with Crippen molar-refractivity contribution in [1.29, 1.82) is 0 Å². The molecule has 1 saturated carbocycles.